The average Bonchev–Trinajstić information content (AvgIpc) is 2.08. The summed E-state index contributed by atoms with van der Waals surface area (Å²) in [5.74, 6) is -0.984. The van der Waals surface area contributed by atoms with E-state index < -0.39 is 12.0 Å². The Labute approximate surface area is 85.9 Å². The molecule has 76 valence electrons. The number of aromatic hydroxyl groups is 1. The number of nitrogens with two attached hydrogens (primary N) is 1. The Hall–Kier alpha value is -1.26. The molecule has 0 aliphatic rings. The fourth-order valence-corrected chi connectivity index (χ4v) is 1.37. The van der Waals surface area contributed by atoms with Crippen molar-refractivity contribution in [2.45, 2.75) is 12.5 Å². The van der Waals surface area contributed by atoms with E-state index in [2.05, 4.69) is 0 Å². The van der Waals surface area contributed by atoms with Gasteiger partial charge in [0.05, 0.1) is 6.42 Å². The van der Waals surface area contributed by atoms with Gasteiger partial charge < -0.3 is 15.9 Å². The average molecular weight is 216 g/mol. The van der Waals surface area contributed by atoms with Crippen LogP contribution in [0.15, 0.2) is 18.2 Å². The number of carbonyl (C=O) groups is 1. The van der Waals surface area contributed by atoms with Crippen molar-refractivity contribution in [2.75, 3.05) is 0 Å². The molecule has 0 bridgehead atoms. The van der Waals surface area contributed by atoms with Gasteiger partial charge in [-0.05, 0) is 23.8 Å². The van der Waals surface area contributed by atoms with Crippen LogP contribution in [0.5, 0.6) is 5.75 Å². The summed E-state index contributed by atoms with van der Waals surface area (Å²) in [6.07, 6.45) is -0.219. The smallest absolute Gasteiger partial charge is 0.305 e. The normalized spacial score (nSPS) is 12.4. The Kier molecular flexibility index (Phi) is 3.33. The lowest BCUT2D eigenvalue weighted by Crippen LogP contribution is -2.15. The van der Waals surface area contributed by atoms with Crippen molar-refractivity contribution in [1.29, 1.82) is 0 Å². The van der Waals surface area contributed by atoms with Crippen LogP contribution in [0.2, 0.25) is 5.02 Å². The summed E-state index contributed by atoms with van der Waals surface area (Å²) in [7, 11) is 0. The number of rotatable bonds is 3. The molecule has 14 heavy (non-hydrogen) atoms. The molecule has 1 aromatic rings. The molecule has 0 aliphatic heterocycles. The Balaban J connectivity index is 2.93. The number of hydrogen-bond acceptors (Lipinski definition) is 3. The van der Waals surface area contributed by atoms with E-state index in [1.165, 1.54) is 18.2 Å². The Bertz CT molecular complexity index is 354. The van der Waals surface area contributed by atoms with Gasteiger partial charge in [-0.1, -0.05) is 11.6 Å². The molecule has 4 N–H and O–H groups in total. The van der Waals surface area contributed by atoms with Crippen molar-refractivity contribution in [3.05, 3.63) is 28.8 Å². The van der Waals surface area contributed by atoms with Gasteiger partial charge in [-0.25, -0.2) is 0 Å². The van der Waals surface area contributed by atoms with Gasteiger partial charge in [-0.15, -0.1) is 0 Å². The predicted octanol–water partition coefficient (Wildman–Crippen LogP) is 1.52. The number of carboxylic acid groups (broad SMARTS) is 1. The lowest BCUT2D eigenvalue weighted by molar-refractivity contribution is -0.137. The van der Waals surface area contributed by atoms with E-state index in [0.29, 0.717) is 10.6 Å². The monoisotopic (exact) mass is 215 g/mol. The van der Waals surface area contributed by atoms with Gasteiger partial charge in [0.15, 0.2) is 0 Å². The number of hydrogen-bond donors (Lipinski definition) is 3. The van der Waals surface area contributed by atoms with E-state index in [1.807, 2.05) is 0 Å². The summed E-state index contributed by atoms with van der Waals surface area (Å²) in [6, 6.07) is 3.57. The van der Waals surface area contributed by atoms with Gasteiger partial charge in [0.2, 0.25) is 0 Å². The van der Waals surface area contributed by atoms with E-state index in [0.717, 1.165) is 0 Å². The third-order valence-electron chi connectivity index (χ3n) is 1.77. The molecule has 0 fully saturated rings. The molecular weight excluding hydrogens is 206 g/mol. The third-order valence-corrected chi connectivity index (χ3v) is 2.12. The molecule has 0 spiro atoms. The molecule has 0 radical (unpaired) electrons. The fraction of sp³-hybridized carbons (Fsp3) is 0.222. The van der Waals surface area contributed by atoms with Crippen LogP contribution in [0.1, 0.15) is 18.0 Å². The molecule has 1 atom stereocenters. The number of phenols is 1. The molecule has 5 heteroatoms. The zero-order valence-corrected chi connectivity index (χ0v) is 8.03. The van der Waals surface area contributed by atoms with Gasteiger partial charge >= 0.3 is 5.97 Å². The number of carboxylic acids is 1. The van der Waals surface area contributed by atoms with Crippen LogP contribution >= 0.6 is 11.6 Å². The Morgan fingerprint density at radius 2 is 2.21 bits per heavy atom. The van der Waals surface area contributed by atoms with E-state index >= 15 is 0 Å². The molecule has 0 saturated heterocycles. The molecule has 4 nitrogen and oxygen atoms in total. The van der Waals surface area contributed by atoms with E-state index in [1.54, 1.807) is 0 Å². The van der Waals surface area contributed by atoms with Crippen molar-refractivity contribution in [3.8, 4) is 5.75 Å². The highest BCUT2D eigenvalue weighted by Gasteiger charge is 2.14. The topological polar surface area (TPSA) is 83.6 Å². The van der Waals surface area contributed by atoms with Crippen LogP contribution in [0.25, 0.3) is 0 Å². The van der Waals surface area contributed by atoms with Crippen molar-refractivity contribution in [2.24, 2.45) is 5.73 Å². The van der Waals surface area contributed by atoms with Crippen LogP contribution in [0, 0.1) is 0 Å². The maximum Gasteiger partial charge on any atom is 0.305 e. The van der Waals surface area contributed by atoms with Crippen molar-refractivity contribution < 1.29 is 15.0 Å². The van der Waals surface area contributed by atoms with E-state index in [4.69, 9.17) is 27.5 Å². The molecule has 1 aromatic carbocycles. The summed E-state index contributed by atoms with van der Waals surface area (Å²) >= 11 is 5.79. The minimum absolute atomic E-state index is 0.0187. The van der Waals surface area contributed by atoms with E-state index in [-0.39, 0.29) is 12.2 Å². The molecule has 0 aromatic heterocycles. The van der Waals surface area contributed by atoms with Gasteiger partial charge in [-0.2, -0.15) is 0 Å². The zero-order chi connectivity index (χ0) is 10.7. The summed E-state index contributed by atoms with van der Waals surface area (Å²) in [5.41, 5.74) is 6.03. The highest BCUT2D eigenvalue weighted by molar-refractivity contribution is 6.31. The summed E-state index contributed by atoms with van der Waals surface area (Å²) in [5, 5.41) is 18.0. The lowest BCUT2D eigenvalue weighted by atomic mass is 10.0. The second-order valence-corrected chi connectivity index (χ2v) is 3.32. The minimum atomic E-state index is -1.00. The summed E-state index contributed by atoms with van der Waals surface area (Å²) in [6.45, 7) is 0. The second-order valence-electron chi connectivity index (χ2n) is 2.91. The quantitative estimate of drug-likeness (QED) is 0.714. The summed E-state index contributed by atoms with van der Waals surface area (Å²) < 4.78 is 0. The molecule has 0 amide bonds. The maximum atomic E-state index is 10.4. The zero-order valence-electron chi connectivity index (χ0n) is 7.27. The molecule has 0 heterocycles. The Morgan fingerprint density at radius 1 is 1.57 bits per heavy atom. The lowest BCUT2D eigenvalue weighted by Gasteiger charge is -2.11. The molecule has 1 rings (SSSR count). The van der Waals surface area contributed by atoms with Crippen LogP contribution < -0.4 is 5.73 Å². The summed E-state index contributed by atoms with van der Waals surface area (Å²) in [4.78, 5) is 10.4. The standard InChI is InChI=1S/C9H10ClNO3/c10-7-2-1-5(12)3-6(7)8(11)4-9(13)14/h1-3,8,12H,4,11H2,(H,13,14)/t8-/m0/s1. The third kappa shape index (κ3) is 2.61. The van der Waals surface area contributed by atoms with Crippen LogP contribution in [-0.4, -0.2) is 16.2 Å². The van der Waals surface area contributed by atoms with Crippen molar-refractivity contribution in [1.82, 2.24) is 0 Å². The van der Waals surface area contributed by atoms with Gasteiger partial charge in [0.25, 0.3) is 0 Å². The molecule has 0 aliphatic carbocycles. The predicted molar refractivity (Wildman–Crippen MR) is 52.3 cm³/mol. The first-order chi connectivity index (χ1) is 6.50. The van der Waals surface area contributed by atoms with Crippen molar-refractivity contribution >= 4 is 17.6 Å². The first-order valence-electron chi connectivity index (χ1n) is 3.96. The van der Waals surface area contributed by atoms with E-state index in [9.17, 15) is 4.79 Å². The first kappa shape index (κ1) is 10.8. The molecule has 0 unspecified atom stereocenters. The van der Waals surface area contributed by atoms with Crippen LogP contribution in [0.4, 0.5) is 0 Å². The first-order valence-corrected chi connectivity index (χ1v) is 4.34. The minimum Gasteiger partial charge on any atom is -0.508 e. The van der Waals surface area contributed by atoms with Crippen LogP contribution in [0.3, 0.4) is 0 Å². The molecule has 0 saturated carbocycles. The Morgan fingerprint density at radius 3 is 2.79 bits per heavy atom. The highest BCUT2D eigenvalue weighted by Crippen LogP contribution is 2.27. The second kappa shape index (κ2) is 4.30. The number of halogens is 1. The van der Waals surface area contributed by atoms with Gasteiger partial charge in [0.1, 0.15) is 5.75 Å². The van der Waals surface area contributed by atoms with Crippen molar-refractivity contribution in [3.63, 3.8) is 0 Å². The fourth-order valence-electron chi connectivity index (χ4n) is 1.11. The largest absolute Gasteiger partial charge is 0.508 e. The number of phenolic OH excluding ortho intramolecular Hbond substituents is 1. The highest BCUT2D eigenvalue weighted by atomic mass is 35.5. The number of benzene rings is 1. The SMILES string of the molecule is N[C@@H](CC(=O)O)c1cc(O)ccc1Cl. The maximum absolute atomic E-state index is 10.4. The molecular formula is C9H10ClNO3. The van der Waals surface area contributed by atoms with Gasteiger partial charge in [0, 0.05) is 11.1 Å². The van der Waals surface area contributed by atoms with Crippen LogP contribution in [-0.2, 0) is 4.79 Å². The number of aliphatic carboxylic acids is 1. The van der Waals surface area contributed by atoms with Gasteiger partial charge in [-0.3, -0.25) is 4.79 Å².